The quantitative estimate of drug-likeness (QED) is 0.380. The normalized spacial score (nSPS) is 12.7. The molecule has 0 saturated heterocycles. The number of nitrogens with zero attached hydrogens (tertiary/aromatic N) is 2. The molecule has 1 aliphatic rings. The number of fused-ring (bicyclic) bond motifs is 2. The van der Waals surface area contributed by atoms with E-state index in [9.17, 15) is 9.59 Å². The molecule has 1 aliphatic heterocycles. The van der Waals surface area contributed by atoms with Crippen molar-refractivity contribution < 1.29 is 28.5 Å². The molecular formula is C25H20N2O6S. The summed E-state index contributed by atoms with van der Waals surface area (Å²) >= 11 is 1.33. The first-order valence-electron chi connectivity index (χ1n) is 10.5. The molecule has 4 aromatic rings. The van der Waals surface area contributed by atoms with Crippen molar-refractivity contribution in [2.75, 3.05) is 13.9 Å². The van der Waals surface area contributed by atoms with Crippen LogP contribution in [0.25, 0.3) is 10.2 Å². The van der Waals surface area contributed by atoms with Gasteiger partial charge in [-0.1, -0.05) is 41.7 Å². The zero-order valence-electron chi connectivity index (χ0n) is 18.2. The third kappa shape index (κ3) is 4.38. The summed E-state index contributed by atoms with van der Waals surface area (Å²) in [4.78, 5) is 29.9. The van der Waals surface area contributed by atoms with Gasteiger partial charge in [0.2, 0.25) is 6.79 Å². The molecule has 1 aromatic heterocycles. The average Bonchev–Trinajstić information content (AvgIpc) is 3.45. The standard InChI is InChI=1S/C25H20N2O6S/c1-30-23(28)11-12-27-18-13-20-21(32-15-31-20)14-22(18)34-25(27)26-24(29)17-9-5-6-10-19(17)33-16-7-3-2-4-8-16/h2-10,13-14H,11-12,15H2,1H3. The lowest BCUT2D eigenvalue weighted by atomic mass is 10.2. The first-order chi connectivity index (χ1) is 16.6. The van der Waals surface area contributed by atoms with Crippen molar-refractivity contribution >= 4 is 33.4 Å². The van der Waals surface area contributed by atoms with Crippen molar-refractivity contribution in [3.8, 4) is 23.0 Å². The molecule has 0 fully saturated rings. The summed E-state index contributed by atoms with van der Waals surface area (Å²) in [6.45, 7) is 0.448. The number of thiazole rings is 1. The number of para-hydroxylation sites is 2. The van der Waals surface area contributed by atoms with E-state index in [2.05, 4.69) is 4.99 Å². The van der Waals surface area contributed by atoms with Crippen molar-refractivity contribution in [3.63, 3.8) is 0 Å². The van der Waals surface area contributed by atoms with E-state index in [-0.39, 0.29) is 19.2 Å². The first kappa shape index (κ1) is 21.7. The van der Waals surface area contributed by atoms with Crippen molar-refractivity contribution in [2.45, 2.75) is 13.0 Å². The molecule has 3 aromatic carbocycles. The van der Waals surface area contributed by atoms with Crippen LogP contribution in [0.2, 0.25) is 0 Å². The minimum Gasteiger partial charge on any atom is -0.469 e. The van der Waals surface area contributed by atoms with Gasteiger partial charge in [0.15, 0.2) is 16.3 Å². The Balaban J connectivity index is 1.56. The van der Waals surface area contributed by atoms with Gasteiger partial charge in [-0.2, -0.15) is 4.99 Å². The van der Waals surface area contributed by atoms with Gasteiger partial charge in [-0.05, 0) is 24.3 Å². The second-order valence-corrected chi connectivity index (χ2v) is 8.37. The van der Waals surface area contributed by atoms with E-state index in [1.54, 1.807) is 24.3 Å². The Labute approximate surface area is 198 Å². The van der Waals surface area contributed by atoms with Gasteiger partial charge in [0, 0.05) is 18.7 Å². The highest BCUT2D eigenvalue weighted by molar-refractivity contribution is 7.16. The van der Waals surface area contributed by atoms with Crippen molar-refractivity contribution in [1.29, 1.82) is 0 Å². The van der Waals surface area contributed by atoms with Crippen LogP contribution in [-0.4, -0.2) is 30.3 Å². The monoisotopic (exact) mass is 476 g/mol. The number of carbonyl (C=O) groups excluding carboxylic acids is 2. The van der Waals surface area contributed by atoms with Gasteiger partial charge in [0.25, 0.3) is 5.91 Å². The fourth-order valence-corrected chi connectivity index (χ4v) is 4.63. The summed E-state index contributed by atoms with van der Waals surface area (Å²) in [5.41, 5.74) is 1.12. The third-order valence-electron chi connectivity index (χ3n) is 5.23. The van der Waals surface area contributed by atoms with Gasteiger partial charge in [0.05, 0.1) is 29.3 Å². The second-order valence-electron chi connectivity index (χ2n) is 7.36. The van der Waals surface area contributed by atoms with E-state index >= 15 is 0 Å². The van der Waals surface area contributed by atoms with Crippen molar-refractivity contribution in [1.82, 2.24) is 4.57 Å². The predicted molar refractivity (Wildman–Crippen MR) is 125 cm³/mol. The number of benzene rings is 3. The highest BCUT2D eigenvalue weighted by Gasteiger charge is 2.19. The summed E-state index contributed by atoms with van der Waals surface area (Å²) in [5, 5.41) is 0. The van der Waals surface area contributed by atoms with Crippen LogP contribution in [0.1, 0.15) is 16.8 Å². The zero-order valence-corrected chi connectivity index (χ0v) is 19.0. The van der Waals surface area contributed by atoms with E-state index in [1.807, 2.05) is 47.0 Å². The van der Waals surface area contributed by atoms with Crippen LogP contribution < -0.4 is 19.0 Å². The van der Waals surface area contributed by atoms with Gasteiger partial charge in [-0.3, -0.25) is 9.59 Å². The lowest BCUT2D eigenvalue weighted by molar-refractivity contribution is -0.140. The number of hydrogen-bond donors (Lipinski definition) is 0. The molecule has 9 heteroatoms. The van der Waals surface area contributed by atoms with Crippen molar-refractivity contribution in [3.05, 3.63) is 77.1 Å². The second kappa shape index (κ2) is 9.40. The Bertz CT molecular complexity index is 1440. The molecule has 0 aliphatic carbocycles. The van der Waals surface area contributed by atoms with Crippen LogP contribution in [0.4, 0.5) is 0 Å². The predicted octanol–water partition coefficient (Wildman–Crippen LogP) is 4.53. The lowest BCUT2D eigenvalue weighted by Crippen LogP contribution is -2.19. The zero-order chi connectivity index (χ0) is 23.5. The smallest absolute Gasteiger partial charge is 0.307 e. The minimum atomic E-state index is -0.454. The Morgan fingerprint density at radius 1 is 1.03 bits per heavy atom. The van der Waals surface area contributed by atoms with E-state index < -0.39 is 5.91 Å². The molecule has 5 rings (SSSR count). The largest absolute Gasteiger partial charge is 0.469 e. The average molecular weight is 477 g/mol. The molecule has 172 valence electrons. The summed E-state index contributed by atoms with van der Waals surface area (Å²) < 4.78 is 24.4. The van der Waals surface area contributed by atoms with Crippen LogP contribution in [0.5, 0.6) is 23.0 Å². The molecule has 0 bridgehead atoms. The van der Waals surface area contributed by atoms with E-state index in [0.29, 0.717) is 39.9 Å². The third-order valence-corrected chi connectivity index (χ3v) is 6.27. The number of aryl methyl sites for hydroxylation is 1. The molecule has 1 amide bonds. The summed E-state index contributed by atoms with van der Waals surface area (Å²) in [5.74, 6) is 1.46. The van der Waals surface area contributed by atoms with Crippen LogP contribution in [0, 0.1) is 0 Å². The minimum absolute atomic E-state index is 0.131. The van der Waals surface area contributed by atoms with Gasteiger partial charge < -0.3 is 23.5 Å². The van der Waals surface area contributed by atoms with Gasteiger partial charge in [-0.25, -0.2) is 0 Å². The van der Waals surface area contributed by atoms with Gasteiger partial charge in [0.1, 0.15) is 11.5 Å². The maximum atomic E-state index is 13.3. The van der Waals surface area contributed by atoms with Crippen LogP contribution in [0.3, 0.4) is 0 Å². The number of methoxy groups -OCH3 is 1. The Morgan fingerprint density at radius 2 is 1.76 bits per heavy atom. The Kier molecular flexibility index (Phi) is 6.01. The van der Waals surface area contributed by atoms with Crippen LogP contribution in [-0.2, 0) is 16.1 Å². The molecule has 2 heterocycles. The molecule has 8 nitrogen and oxygen atoms in total. The van der Waals surface area contributed by atoms with Crippen LogP contribution in [0.15, 0.2) is 71.7 Å². The Hall–Kier alpha value is -4.11. The summed E-state index contributed by atoms with van der Waals surface area (Å²) in [6.07, 6.45) is 0.131. The number of hydrogen-bond acceptors (Lipinski definition) is 7. The number of carbonyl (C=O) groups is 2. The number of aromatic nitrogens is 1. The topological polar surface area (TPSA) is 88.4 Å². The highest BCUT2D eigenvalue weighted by Crippen LogP contribution is 2.37. The van der Waals surface area contributed by atoms with E-state index in [1.165, 1.54) is 18.4 Å². The number of amides is 1. The van der Waals surface area contributed by atoms with Gasteiger partial charge in [-0.15, -0.1) is 0 Å². The number of rotatable bonds is 6. The first-order valence-corrected chi connectivity index (χ1v) is 11.3. The lowest BCUT2D eigenvalue weighted by Gasteiger charge is -2.09. The molecule has 0 unspecified atom stereocenters. The maximum absolute atomic E-state index is 13.3. The van der Waals surface area contributed by atoms with E-state index in [4.69, 9.17) is 18.9 Å². The molecule has 0 N–H and O–H groups in total. The fourth-order valence-electron chi connectivity index (χ4n) is 3.56. The van der Waals surface area contributed by atoms with Crippen LogP contribution >= 0.6 is 11.3 Å². The summed E-state index contributed by atoms with van der Waals surface area (Å²) in [7, 11) is 1.34. The highest BCUT2D eigenvalue weighted by atomic mass is 32.1. The molecule has 34 heavy (non-hydrogen) atoms. The molecular weight excluding hydrogens is 456 g/mol. The molecule has 0 atom stereocenters. The number of esters is 1. The molecule has 0 spiro atoms. The fraction of sp³-hybridized carbons (Fsp3) is 0.160. The molecule has 0 saturated carbocycles. The SMILES string of the molecule is COC(=O)CCn1c(=NC(=O)c2ccccc2Oc2ccccc2)sc2cc3c(cc21)OCO3. The summed E-state index contributed by atoms with van der Waals surface area (Å²) in [6, 6.07) is 19.9. The Morgan fingerprint density at radius 3 is 2.56 bits per heavy atom. The maximum Gasteiger partial charge on any atom is 0.307 e. The number of ether oxygens (including phenoxy) is 4. The van der Waals surface area contributed by atoms with E-state index in [0.717, 1.165) is 10.2 Å². The molecule has 0 radical (unpaired) electrons. The van der Waals surface area contributed by atoms with Crippen molar-refractivity contribution in [2.24, 2.45) is 4.99 Å². The van der Waals surface area contributed by atoms with Gasteiger partial charge >= 0.3 is 5.97 Å².